The Balaban J connectivity index is 1.44. The lowest BCUT2D eigenvalue weighted by Gasteiger charge is -2.34. The first-order valence-corrected chi connectivity index (χ1v) is 8.75. The normalized spacial score (nSPS) is 25.3. The second kappa shape index (κ2) is 8.36. The maximum absolute atomic E-state index is 5.96. The second-order valence-corrected chi connectivity index (χ2v) is 6.22. The molecule has 3 rings (SSSR count). The molecule has 2 N–H and O–H groups in total. The van der Waals surface area contributed by atoms with Crippen molar-refractivity contribution in [2.45, 2.75) is 38.3 Å². The molecule has 2 aliphatic rings. The van der Waals surface area contributed by atoms with Crippen LogP contribution in [0, 0.1) is 0 Å². The summed E-state index contributed by atoms with van der Waals surface area (Å²) in [6.45, 7) is 7.54. The number of morpholine rings is 1. The standard InChI is InChI=1S/C17H28N4O2/c1-2-18-17(19-8-7-15-6-4-10-22-15)20-11-16-12-21-9-3-5-14(21)13-23-16/h4,6,10,14,16H,2-3,5,7-9,11-13H2,1H3,(H2,18,19,20). The molecule has 0 saturated carbocycles. The summed E-state index contributed by atoms with van der Waals surface area (Å²) in [6, 6.07) is 4.56. The summed E-state index contributed by atoms with van der Waals surface area (Å²) in [6.07, 6.45) is 5.37. The largest absolute Gasteiger partial charge is 0.469 e. The van der Waals surface area contributed by atoms with Crippen LogP contribution in [0.2, 0.25) is 0 Å². The molecule has 0 amide bonds. The van der Waals surface area contributed by atoms with Gasteiger partial charge in [-0.1, -0.05) is 0 Å². The Morgan fingerprint density at radius 1 is 1.43 bits per heavy atom. The zero-order valence-electron chi connectivity index (χ0n) is 14.0. The first kappa shape index (κ1) is 16.3. The SMILES string of the molecule is CCNC(=NCC1CN2CCCC2CO1)NCCc1ccco1. The Hall–Kier alpha value is -1.53. The molecule has 2 saturated heterocycles. The number of aliphatic imine (C=N–C) groups is 1. The van der Waals surface area contributed by atoms with E-state index < -0.39 is 0 Å². The topological polar surface area (TPSA) is 62.0 Å². The van der Waals surface area contributed by atoms with Gasteiger partial charge in [0.15, 0.2) is 5.96 Å². The summed E-state index contributed by atoms with van der Waals surface area (Å²) >= 11 is 0. The quantitative estimate of drug-likeness (QED) is 0.610. The van der Waals surface area contributed by atoms with Crippen molar-refractivity contribution < 1.29 is 9.15 Å². The zero-order chi connectivity index (χ0) is 15.9. The third-order valence-corrected chi connectivity index (χ3v) is 4.50. The molecule has 1 aromatic heterocycles. The monoisotopic (exact) mass is 320 g/mol. The first-order chi connectivity index (χ1) is 11.3. The molecule has 2 atom stereocenters. The fourth-order valence-corrected chi connectivity index (χ4v) is 3.29. The Morgan fingerprint density at radius 2 is 2.39 bits per heavy atom. The fraction of sp³-hybridized carbons (Fsp3) is 0.706. The molecule has 0 spiro atoms. The van der Waals surface area contributed by atoms with Gasteiger partial charge >= 0.3 is 0 Å². The van der Waals surface area contributed by atoms with Crippen LogP contribution in [0.5, 0.6) is 0 Å². The molecule has 1 aromatic rings. The smallest absolute Gasteiger partial charge is 0.191 e. The van der Waals surface area contributed by atoms with Crippen LogP contribution in [0.4, 0.5) is 0 Å². The van der Waals surface area contributed by atoms with Crippen molar-refractivity contribution in [1.29, 1.82) is 0 Å². The van der Waals surface area contributed by atoms with Gasteiger partial charge in [0.05, 0.1) is 25.5 Å². The van der Waals surface area contributed by atoms with E-state index in [2.05, 4.69) is 27.4 Å². The number of fused-ring (bicyclic) bond motifs is 1. The predicted molar refractivity (Wildman–Crippen MR) is 90.7 cm³/mol. The molecule has 6 heteroatoms. The number of guanidine groups is 1. The molecule has 2 unspecified atom stereocenters. The van der Waals surface area contributed by atoms with Gasteiger partial charge in [0.2, 0.25) is 0 Å². The van der Waals surface area contributed by atoms with Gasteiger partial charge < -0.3 is 19.8 Å². The second-order valence-electron chi connectivity index (χ2n) is 6.22. The average Bonchev–Trinajstić information content (AvgIpc) is 3.23. The summed E-state index contributed by atoms with van der Waals surface area (Å²) in [4.78, 5) is 7.24. The van der Waals surface area contributed by atoms with Gasteiger partial charge in [0.25, 0.3) is 0 Å². The van der Waals surface area contributed by atoms with Gasteiger partial charge in [-0.2, -0.15) is 0 Å². The highest BCUT2D eigenvalue weighted by Crippen LogP contribution is 2.22. The molecule has 6 nitrogen and oxygen atoms in total. The Labute approximate surface area is 138 Å². The van der Waals surface area contributed by atoms with Crippen LogP contribution in [0.25, 0.3) is 0 Å². The van der Waals surface area contributed by atoms with Crippen LogP contribution in [0.1, 0.15) is 25.5 Å². The van der Waals surface area contributed by atoms with Gasteiger partial charge in [-0.25, -0.2) is 0 Å². The summed E-state index contributed by atoms with van der Waals surface area (Å²) in [5.41, 5.74) is 0. The third-order valence-electron chi connectivity index (χ3n) is 4.50. The molecule has 2 aliphatic heterocycles. The number of ether oxygens (including phenoxy) is 1. The Kier molecular flexibility index (Phi) is 5.93. The highest BCUT2D eigenvalue weighted by molar-refractivity contribution is 5.79. The number of hydrogen-bond acceptors (Lipinski definition) is 4. The minimum Gasteiger partial charge on any atom is -0.469 e. The van der Waals surface area contributed by atoms with Crippen LogP contribution in [0.3, 0.4) is 0 Å². The molecule has 0 bridgehead atoms. The molecule has 23 heavy (non-hydrogen) atoms. The average molecular weight is 320 g/mol. The van der Waals surface area contributed by atoms with Crippen molar-refractivity contribution in [3.8, 4) is 0 Å². The lowest BCUT2D eigenvalue weighted by Crippen LogP contribution is -2.47. The third kappa shape index (κ3) is 4.72. The molecule has 3 heterocycles. The van der Waals surface area contributed by atoms with E-state index in [1.165, 1.54) is 19.4 Å². The van der Waals surface area contributed by atoms with E-state index in [1.54, 1.807) is 6.26 Å². The van der Waals surface area contributed by atoms with Crippen LogP contribution < -0.4 is 10.6 Å². The van der Waals surface area contributed by atoms with Crippen LogP contribution >= 0.6 is 0 Å². The van der Waals surface area contributed by atoms with E-state index in [9.17, 15) is 0 Å². The summed E-state index contributed by atoms with van der Waals surface area (Å²) in [7, 11) is 0. The molecular weight excluding hydrogens is 292 g/mol. The highest BCUT2D eigenvalue weighted by Gasteiger charge is 2.31. The number of furan rings is 1. The summed E-state index contributed by atoms with van der Waals surface area (Å²) < 4.78 is 11.3. The van der Waals surface area contributed by atoms with Crippen molar-refractivity contribution in [2.75, 3.05) is 39.3 Å². The minimum absolute atomic E-state index is 0.213. The van der Waals surface area contributed by atoms with E-state index >= 15 is 0 Å². The van der Waals surface area contributed by atoms with Crippen molar-refractivity contribution in [3.05, 3.63) is 24.2 Å². The number of nitrogens with zero attached hydrogens (tertiary/aromatic N) is 2. The molecule has 0 radical (unpaired) electrons. The van der Waals surface area contributed by atoms with E-state index in [0.717, 1.165) is 44.4 Å². The van der Waals surface area contributed by atoms with Crippen LogP contribution in [-0.4, -0.2) is 62.3 Å². The van der Waals surface area contributed by atoms with Crippen molar-refractivity contribution in [2.24, 2.45) is 4.99 Å². The molecule has 2 fully saturated rings. The molecule has 128 valence electrons. The van der Waals surface area contributed by atoms with E-state index in [4.69, 9.17) is 9.15 Å². The predicted octanol–water partition coefficient (Wildman–Crippen LogP) is 1.24. The molecule has 0 aliphatic carbocycles. The van der Waals surface area contributed by atoms with Gasteiger partial charge in [-0.05, 0) is 38.4 Å². The van der Waals surface area contributed by atoms with Crippen molar-refractivity contribution >= 4 is 5.96 Å². The molecular formula is C17H28N4O2. The maximum atomic E-state index is 5.96. The highest BCUT2D eigenvalue weighted by atomic mass is 16.5. The van der Waals surface area contributed by atoms with Gasteiger partial charge in [-0.3, -0.25) is 9.89 Å². The van der Waals surface area contributed by atoms with Gasteiger partial charge in [0, 0.05) is 32.1 Å². The number of nitrogens with one attached hydrogen (secondary N) is 2. The van der Waals surface area contributed by atoms with Crippen LogP contribution in [0.15, 0.2) is 27.8 Å². The van der Waals surface area contributed by atoms with Crippen molar-refractivity contribution in [1.82, 2.24) is 15.5 Å². The summed E-state index contributed by atoms with van der Waals surface area (Å²) in [5.74, 6) is 1.84. The number of rotatable bonds is 6. The minimum atomic E-state index is 0.213. The fourth-order valence-electron chi connectivity index (χ4n) is 3.29. The lowest BCUT2D eigenvalue weighted by molar-refractivity contribution is -0.0432. The summed E-state index contributed by atoms with van der Waals surface area (Å²) in [5, 5.41) is 6.64. The van der Waals surface area contributed by atoms with Crippen LogP contribution in [-0.2, 0) is 11.2 Å². The first-order valence-electron chi connectivity index (χ1n) is 8.75. The Bertz CT molecular complexity index is 489. The number of hydrogen-bond donors (Lipinski definition) is 2. The van der Waals surface area contributed by atoms with Gasteiger partial charge in [-0.15, -0.1) is 0 Å². The zero-order valence-corrected chi connectivity index (χ0v) is 14.0. The molecule has 0 aromatic carbocycles. The van der Waals surface area contributed by atoms with Gasteiger partial charge in [0.1, 0.15) is 5.76 Å². The maximum Gasteiger partial charge on any atom is 0.191 e. The van der Waals surface area contributed by atoms with E-state index in [0.29, 0.717) is 12.6 Å². The van der Waals surface area contributed by atoms with E-state index in [1.807, 2.05) is 12.1 Å². The Morgan fingerprint density at radius 3 is 3.22 bits per heavy atom. The lowest BCUT2D eigenvalue weighted by atomic mass is 10.2. The van der Waals surface area contributed by atoms with Crippen molar-refractivity contribution in [3.63, 3.8) is 0 Å². The van der Waals surface area contributed by atoms with E-state index in [-0.39, 0.29) is 6.10 Å².